The smallest absolute Gasteiger partial charge is 0.193 e. The second-order valence-electron chi connectivity index (χ2n) is 5.12. The number of benzene rings is 2. The highest BCUT2D eigenvalue weighted by Crippen LogP contribution is 2.12. The van der Waals surface area contributed by atoms with Gasteiger partial charge in [-0.25, -0.2) is 0 Å². The Labute approximate surface area is 124 Å². The largest absolute Gasteiger partial charge is 0.390 e. The van der Waals surface area contributed by atoms with Crippen LogP contribution in [0, 0.1) is 0 Å². The molecule has 2 aromatic carbocycles. The van der Waals surface area contributed by atoms with Gasteiger partial charge in [0.1, 0.15) is 6.10 Å². The highest BCUT2D eigenvalue weighted by atomic mass is 16.3. The highest BCUT2D eigenvalue weighted by molar-refractivity contribution is 5.99. The van der Waals surface area contributed by atoms with Crippen molar-refractivity contribution in [2.75, 3.05) is 0 Å². The molecular weight excluding hydrogens is 264 g/mol. The van der Waals surface area contributed by atoms with Gasteiger partial charge >= 0.3 is 0 Å². The van der Waals surface area contributed by atoms with Crippen molar-refractivity contribution in [3.63, 3.8) is 0 Å². The number of Topliss-reactive ketones (excluding diaryl/α,β-unsaturated/α-hetero) is 1. The average Bonchev–Trinajstić information content (AvgIpc) is 2.55. The number of rotatable bonds is 7. The van der Waals surface area contributed by atoms with E-state index >= 15 is 0 Å². The third kappa shape index (κ3) is 4.52. The first-order chi connectivity index (χ1) is 10.2. The number of hydrogen-bond acceptors (Lipinski definition) is 3. The van der Waals surface area contributed by atoms with Gasteiger partial charge in [0.15, 0.2) is 5.78 Å². The molecule has 0 aliphatic carbocycles. The quantitative estimate of drug-likeness (QED) is 0.768. The van der Waals surface area contributed by atoms with E-state index in [9.17, 15) is 15.0 Å². The van der Waals surface area contributed by atoms with Crippen LogP contribution in [0.15, 0.2) is 60.7 Å². The maximum absolute atomic E-state index is 12.0. The van der Waals surface area contributed by atoms with Crippen LogP contribution in [0.25, 0.3) is 0 Å². The second-order valence-corrected chi connectivity index (χ2v) is 5.12. The topological polar surface area (TPSA) is 57.5 Å². The normalized spacial score (nSPS) is 13.6. The SMILES string of the molecule is O=C(c1ccccc1)[C@H](O)[C@H](O)CCCc1ccccc1. The lowest BCUT2D eigenvalue weighted by Gasteiger charge is -2.16. The fourth-order valence-corrected chi connectivity index (χ4v) is 2.27. The van der Waals surface area contributed by atoms with Crippen LogP contribution in [-0.2, 0) is 6.42 Å². The van der Waals surface area contributed by atoms with E-state index in [1.165, 1.54) is 5.56 Å². The third-order valence-corrected chi connectivity index (χ3v) is 3.50. The van der Waals surface area contributed by atoms with Crippen molar-refractivity contribution in [1.82, 2.24) is 0 Å². The maximum Gasteiger partial charge on any atom is 0.193 e. The van der Waals surface area contributed by atoms with Gasteiger partial charge in [0, 0.05) is 5.56 Å². The van der Waals surface area contributed by atoms with E-state index in [0.717, 1.165) is 12.8 Å². The van der Waals surface area contributed by atoms with Crippen LogP contribution in [-0.4, -0.2) is 28.2 Å². The van der Waals surface area contributed by atoms with Crippen LogP contribution < -0.4 is 0 Å². The number of aliphatic hydroxyl groups excluding tert-OH is 2. The molecule has 2 rings (SSSR count). The van der Waals surface area contributed by atoms with Gasteiger partial charge in [-0.3, -0.25) is 4.79 Å². The van der Waals surface area contributed by atoms with Crippen molar-refractivity contribution in [1.29, 1.82) is 0 Å². The molecule has 0 fully saturated rings. The van der Waals surface area contributed by atoms with E-state index < -0.39 is 18.0 Å². The molecule has 0 bridgehead atoms. The lowest BCUT2D eigenvalue weighted by Crippen LogP contribution is -2.34. The number of aryl methyl sites for hydroxylation is 1. The van der Waals surface area contributed by atoms with Gasteiger partial charge in [-0.2, -0.15) is 0 Å². The molecule has 0 amide bonds. The van der Waals surface area contributed by atoms with Crippen molar-refractivity contribution < 1.29 is 15.0 Å². The molecule has 0 aliphatic rings. The van der Waals surface area contributed by atoms with Crippen LogP contribution >= 0.6 is 0 Å². The lowest BCUT2D eigenvalue weighted by atomic mass is 9.98. The molecule has 0 radical (unpaired) electrons. The third-order valence-electron chi connectivity index (χ3n) is 3.50. The van der Waals surface area contributed by atoms with Gasteiger partial charge in [-0.1, -0.05) is 60.7 Å². The van der Waals surface area contributed by atoms with Crippen LogP contribution in [0.3, 0.4) is 0 Å². The van der Waals surface area contributed by atoms with Gasteiger partial charge in [0.2, 0.25) is 0 Å². The standard InChI is InChI=1S/C18H20O3/c19-16(13-7-10-14-8-3-1-4-9-14)18(21)17(20)15-11-5-2-6-12-15/h1-6,8-9,11-12,16,18-19,21H,7,10,13H2/t16-,18-/m1/s1. The summed E-state index contributed by atoms with van der Waals surface area (Å²) in [6.45, 7) is 0. The molecule has 0 saturated carbocycles. The zero-order chi connectivity index (χ0) is 15.1. The fourth-order valence-electron chi connectivity index (χ4n) is 2.27. The fraction of sp³-hybridized carbons (Fsp3) is 0.278. The van der Waals surface area contributed by atoms with Crippen LogP contribution in [0.4, 0.5) is 0 Å². The van der Waals surface area contributed by atoms with Crippen LogP contribution in [0.1, 0.15) is 28.8 Å². The molecule has 0 spiro atoms. The summed E-state index contributed by atoms with van der Waals surface area (Å²) in [5.74, 6) is -0.428. The molecule has 0 aliphatic heterocycles. The van der Waals surface area contributed by atoms with E-state index in [0.29, 0.717) is 12.0 Å². The molecule has 2 atom stereocenters. The van der Waals surface area contributed by atoms with Gasteiger partial charge in [0.25, 0.3) is 0 Å². The number of carbonyl (C=O) groups excluding carboxylic acids is 1. The zero-order valence-electron chi connectivity index (χ0n) is 11.9. The van der Waals surface area contributed by atoms with Gasteiger partial charge in [-0.05, 0) is 24.8 Å². The minimum Gasteiger partial charge on any atom is -0.390 e. The summed E-state index contributed by atoms with van der Waals surface area (Å²) in [5, 5.41) is 19.9. The van der Waals surface area contributed by atoms with Crippen molar-refractivity contribution >= 4 is 5.78 Å². The van der Waals surface area contributed by atoms with Crippen molar-refractivity contribution in [2.45, 2.75) is 31.5 Å². The molecule has 2 N–H and O–H groups in total. The van der Waals surface area contributed by atoms with Crippen molar-refractivity contribution in [3.8, 4) is 0 Å². The zero-order valence-corrected chi connectivity index (χ0v) is 11.9. The molecule has 110 valence electrons. The van der Waals surface area contributed by atoms with E-state index in [1.54, 1.807) is 30.3 Å². The molecule has 0 saturated heterocycles. The predicted molar refractivity (Wildman–Crippen MR) is 82.2 cm³/mol. The summed E-state index contributed by atoms with van der Waals surface area (Å²) in [7, 11) is 0. The Kier molecular flexibility index (Phi) is 5.67. The summed E-state index contributed by atoms with van der Waals surface area (Å²) in [5.41, 5.74) is 1.61. The first kappa shape index (κ1) is 15.4. The molecule has 0 unspecified atom stereocenters. The molecule has 2 aromatic rings. The lowest BCUT2D eigenvalue weighted by molar-refractivity contribution is 0.0171. The van der Waals surface area contributed by atoms with E-state index in [1.807, 2.05) is 30.3 Å². The Hall–Kier alpha value is -1.97. The Balaban J connectivity index is 1.82. The van der Waals surface area contributed by atoms with Gasteiger partial charge < -0.3 is 10.2 Å². The van der Waals surface area contributed by atoms with Crippen molar-refractivity contribution in [2.24, 2.45) is 0 Å². The summed E-state index contributed by atoms with van der Waals surface area (Å²) in [6.07, 6.45) is -0.437. The first-order valence-corrected chi connectivity index (χ1v) is 7.18. The highest BCUT2D eigenvalue weighted by Gasteiger charge is 2.24. The van der Waals surface area contributed by atoms with Crippen molar-refractivity contribution in [3.05, 3.63) is 71.8 Å². The second kappa shape index (κ2) is 7.72. The van der Waals surface area contributed by atoms with Gasteiger partial charge in [-0.15, -0.1) is 0 Å². The predicted octanol–water partition coefficient (Wildman–Crippen LogP) is 2.61. The van der Waals surface area contributed by atoms with Crippen LogP contribution in [0.2, 0.25) is 0 Å². The summed E-state index contributed by atoms with van der Waals surface area (Å²) in [4.78, 5) is 12.0. The molecule has 21 heavy (non-hydrogen) atoms. The monoisotopic (exact) mass is 284 g/mol. The summed E-state index contributed by atoms with van der Waals surface area (Å²) in [6, 6.07) is 18.5. The Bertz CT molecular complexity index is 551. The van der Waals surface area contributed by atoms with Gasteiger partial charge in [0.05, 0.1) is 6.10 Å². The summed E-state index contributed by atoms with van der Waals surface area (Å²) < 4.78 is 0. The molecular formula is C18H20O3. The number of carbonyl (C=O) groups is 1. The van der Waals surface area contributed by atoms with E-state index in [-0.39, 0.29) is 0 Å². The molecule has 3 nitrogen and oxygen atoms in total. The molecule has 3 heteroatoms. The Morgan fingerprint density at radius 3 is 2.10 bits per heavy atom. The van der Waals surface area contributed by atoms with Crippen LogP contribution in [0.5, 0.6) is 0 Å². The minimum absolute atomic E-state index is 0.397. The maximum atomic E-state index is 12.0. The molecule has 0 heterocycles. The number of hydrogen-bond donors (Lipinski definition) is 2. The number of ketones is 1. The Morgan fingerprint density at radius 2 is 1.48 bits per heavy atom. The van der Waals surface area contributed by atoms with E-state index in [4.69, 9.17) is 0 Å². The molecule has 0 aromatic heterocycles. The average molecular weight is 284 g/mol. The van der Waals surface area contributed by atoms with E-state index in [2.05, 4.69) is 0 Å². The number of aliphatic hydroxyl groups is 2. The first-order valence-electron chi connectivity index (χ1n) is 7.18. The minimum atomic E-state index is -1.36. The Morgan fingerprint density at radius 1 is 0.905 bits per heavy atom. The summed E-state index contributed by atoms with van der Waals surface area (Å²) >= 11 is 0.